The van der Waals surface area contributed by atoms with Crippen LogP contribution >= 0.6 is 15.9 Å². The molecule has 0 unspecified atom stereocenters. The molecule has 150 valence electrons. The quantitative estimate of drug-likeness (QED) is 0.405. The summed E-state index contributed by atoms with van der Waals surface area (Å²) in [5.74, 6) is -0.263. The first-order chi connectivity index (χ1) is 13.8. The number of ether oxygens (including phenoxy) is 1. The summed E-state index contributed by atoms with van der Waals surface area (Å²) in [6, 6.07) is 9.00. The lowest BCUT2D eigenvalue weighted by Crippen LogP contribution is -2.17. The standard InChI is InChI=1S/C18H11BrF4N4O2/c19-12-7-9(2-5-14(12)29-18(21,22)23)1-3-10-4-6-13-11(16(10)20)8-15(28-13)17-24-26-27-25-17/h2,4-8H,1,3H2,(H,24,25,26,27). The van der Waals surface area contributed by atoms with E-state index < -0.39 is 12.2 Å². The molecule has 0 bridgehead atoms. The first-order valence-corrected chi connectivity index (χ1v) is 9.08. The van der Waals surface area contributed by atoms with Crippen LogP contribution in [-0.2, 0) is 12.8 Å². The Balaban J connectivity index is 1.52. The molecule has 0 spiro atoms. The maximum absolute atomic E-state index is 14.9. The second-order valence-corrected chi connectivity index (χ2v) is 6.96. The number of halogens is 5. The van der Waals surface area contributed by atoms with E-state index in [4.69, 9.17) is 4.42 Å². The van der Waals surface area contributed by atoms with Crippen molar-refractivity contribution in [2.75, 3.05) is 0 Å². The van der Waals surface area contributed by atoms with Crippen molar-refractivity contribution in [3.63, 3.8) is 0 Å². The summed E-state index contributed by atoms with van der Waals surface area (Å²) in [4.78, 5) is 0. The number of alkyl halides is 3. The number of furan rings is 1. The van der Waals surface area contributed by atoms with E-state index in [0.717, 1.165) is 5.56 Å². The Morgan fingerprint density at radius 2 is 1.93 bits per heavy atom. The fourth-order valence-corrected chi connectivity index (χ4v) is 3.39. The van der Waals surface area contributed by atoms with Crippen LogP contribution in [0.4, 0.5) is 17.6 Å². The maximum Gasteiger partial charge on any atom is 0.573 e. The van der Waals surface area contributed by atoms with Gasteiger partial charge >= 0.3 is 6.36 Å². The van der Waals surface area contributed by atoms with Gasteiger partial charge in [0.1, 0.15) is 17.1 Å². The topological polar surface area (TPSA) is 76.8 Å². The lowest BCUT2D eigenvalue weighted by atomic mass is 10.0. The van der Waals surface area contributed by atoms with Crippen molar-refractivity contribution >= 4 is 26.9 Å². The number of benzene rings is 2. The molecule has 0 aliphatic rings. The van der Waals surface area contributed by atoms with Crippen molar-refractivity contribution < 1.29 is 26.7 Å². The predicted octanol–water partition coefficient (Wildman–Crippen LogP) is 5.20. The molecule has 0 atom stereocenters. The molecule has 29 heavy (non-hydrogen) atoms. The lowest BCUT2D eigenvalue weighted by Gasteiger charge is -2.11. The molecule has 0 fully saturated rings. The number of rotatable bonds is 5. The van der Waals surface area contributed by atoms with Crippen LogP contribution in [0, 0.1) is 5.82 Å². The van der Waals surface area contributed by atoms with E-state index in [1.165, 1.54) is 24.3 Å². The van der Waals surface area contributed by atoms with Crippen LogP contribution in [0.15, 0.2) is 45.3 Å². The molecule has 2 heterocycles. The Morgan fingerprint density at radius 1 is 1.10 bits per heavy atom. The van der Waals surface area contributed by atoms with Gasteiger partial charge in [-0.1, -0.05) is 12.1 Å². The largest absolute Gasteiger partial charge is 0.573 e. The number of nitrogens with zero attached hydrogens (tertiary/aromatic N) is 3. The summed E-state index contributed by atoms with van der Waals surface area (Å²) in [5.41, 5.74) is 1.53. The van der Waals surface area contributed by atoms with Gasteiger partial charge < -0.3 is 9.15 Å². The van der Waals surface area contributed by atoms with Gasteiger partial charge in [0, 0.05) is 0 Å². The third kappa shape index (κ3) is 4.24. The number of nitrogens with one attached hydrogen (secondary N) is 1. The first-order valence-electron chi connectivity index (χ1n) is 8.29. The highest BCUT2D eigenvalue weighted by Gasteiger charge is 2.31. The average molecular weight is 471 g/mol. The monoisotopic (exact) mass is 470 g/mol. The van der Waals surface area contributed by atoms with Crippen LogP contribution in [0.25, 0.3) is 22.6 Å². The fourth-order valence-electron chi connectivity index (χ4n) is 2.88. The Bertz CT molecular complexity index is 1160. The molecular formula is C18H11BrF4N4O2. The van der Waals surface area contributed by atoms with Crippen LogP contribution in [0.1, 0.15) is 11.1 Å². The fraction of sp³-hybridized carbons (Fsp3) is 0.167. The summed E-state index contributed by atoms with van der Waals surface area (Å²) in [7, 11) is 0. The molecule has 0 saturated carbocycles. The summed E-state index contributed by atoms with van der Waals surface area (Å²) in [6.07, 6.45) is -4.01. The Kier molecular flexibility index (Phi) is 4.99. The molecule has 0 amide bonds. The van der Waals surface area contributed by atoms with Crippen molar-refractivity contribution in [1.82, 2.24) is 20.6 Å². The average Bonchev–Trinajstić information content (AvgIpc) is 3.31. The normalized spacial score (nSPS) is 11.9. The van der Waals surface area contributed by atoms with Gasteiger partial charge in [-0.2, -0.15) is 5.21 Å². The van der Waals surface area contributed by atoms with Gasteiger partial charge in [-0.05, 0) is 69.4 Å². The van der Waals surface area contributed by atoms with Crippen LogP contribution in [0.5, 0.6) is 5.75 Å². The number of aromatic nitrogens is 4. The number of hydrogen-bond acceptors (Lipinski definition) is 5. The zero-order valence-corrected chi connectivity index (χ0v) is 16.0. The Labute approximate surface area is 169 Å². The third-order valence-corrected chi connectivity index (χ3v) is 4.81. The SMILES string of the molecule is Fc1c(CCc2ccc(OC(F)(F)F)c(Br)c2)ccc2oc(-c3nn[nH]n3)cc12. The second kappa shape index (κ2) is 7.47. The first kappa shape index (κ1) is 19.4. The van der Waals surface area contributed by atoms with Gasteiger partial charge in [-0.3, -0.25) is 0 Å². The summed E-state index contributed by atoms with van der Waals surface area (Å²) >= 11 is 3.06. The van der Waals surface area contributed by atoms with Crippen LogP contribution in [-0.4, -0.2) is 27.0 Å². The minimum Gasteiger partial charge on any atom is -0.452 e. The summed E-state index contributed by atoms with van der Waals surface area (Å²) in [6.45, 7) is 0. The van der Waals surface area contributed by atoms with Gasteiger partial charge in [0.15, 0.2) is 5.76 Å². The van der Waals surface area contributed by atoms with Gasteiger partial charge in [-0.15, -0.1) is 23.4 Å². The minimum atomic E-state index is -4.77. The minimum absolute atomic E-state index is 0.169. The third-order valence-electron chi connectivity index (χ3n) is 4.19. The van der Waals surface area contributed by atoms with Crippen LogP contribution < -0.4 is 4.74 Å². The zero-order chi connectivity index (χ0) is 20.6. The highest BCUT2D eigenvalue weighted by atomic mass is 79.9. The Hall–Kier alpha value is -2.95. The van der Waals surface area contributed by atoms with E-state index in [1.807, 2.05) is 0 Å². The molecule has 4 aromatic rings. The molecule has 0 aliphatic heterocycles. The van der Waals surface area contributed by atoms with E-state index >= 15 is 0 Å². The molecule has 0 saturated heterocycles. The molecule has 11 heteroatoms. The van der Waals surface area contributed by atoms with Crippen molar-refractivity contribution in [1.29, 1.82) is 0 Å². The van der Waals surface area contributed by atoms with Gasteiger partial charge in [0.25, 0.3) is 0 Å². The van der Waals surface area contributed by atoms with Crippen molar-refractivity contribution in [2.24, 2.45) is 0 Å². The molecular weight excluding hydrogens is 460 g/mol. The molecule has 6 nitrogen and oxygen atoms in total. The smallest absolute Gasteiger partial charge is 0.452 e. The van der Waals surface area contributed by atoms with E-state index in [-0.39, 0.29) is 27.2 Å². The highest BCUT2D eigenvalue weighted by molar-refractivity contribution is 9.10. The maximum atomic E-state index is 14.9. The highest BCUT2D eigenvalue weighted by Crippen LogP contribution is 2.32. The molecule has 0 aliphatic carbocycles. The number of aryl methyl sites for hydroxylation is 2. The van der Waals surface area contributed by atoms with E-state index in [2.05, 4.69) is 41.3 Å². The number of H-pyrrole nitrogens is 1. The number of fused-ring (bicyclic) bond motifs is 1. The number of hydrogen-bond donors (Lipinski definition) is 1. The zero-order valence-electron chi connectivity index (χ0n) is 14.4. The van der Waals surface area contributed by atoms with Gasteiger partial charge in [0.2, 0.25) is 5.82 Å². The summed E-state index contributed by atoms with van der Waals surface area (Å²) in [5, 5.41) is 13.6. The molecule has 1 N–H and O–H groups in total. The molecule has 0 radical (unpaired) electrons. The number of aromatic amines is 1. The molecule has 2 aromatic carbocycles. The van der Waals surface area contributed by atoms with Gasteiger partial charge in [0.05, 0.1) is 9.86 Å². The number of tetrazole rings is 1. The van der Waals surface area contributed by atoms with E-state index in [0.29, 0.717) is 24.0 Å². The Morgan fingerprint density at radius 3 is 2.62 bits per heavy atom. The van der Waals surface area contributed by atoms with E-state index in [1.54, 1.807) is 12.1 Å². The second-order valence-electron chi connectivity index (χ2n) is 6.11. The van der Waals surface area contributed by atoms with Crippen molar-refractivity contribution in [3.05, 3.63) is 57.8 Å². The molecule has 4 rings (SSSR count). The van der Waals surface area contributed by atoms with E-state index in [9.17, 15) is 17.6 Å². The summed E-state index contributed by atoms with van der Waals surface area (Å²) < 4.78 is 61.6. The van der Waals surface area contributed by atoms with Crippen molar-refractivity contribution in [3.8, 4) is 17.3 Å². The van der Waals surface area contributed by atoms with Gasteiger partial charge in [-0.25, -0.2) is 4.39 Å². The van der Waals surface area contributed by atoms with Crippen molar-refractivity contribution in [2.45, 2.75) is 19.2 Å². The van der Waals surface area contributed by atoms with Crippen LogP contribution in [0.2, 0.25) is 0 Å². The molecule has 2 aromatic heterocycles. The predicted molar refractivity (Wildman–Crippen MR) is 97.6 cm³/mol. The van der Waals surface area contributed by atoms with Crippen LogP contribution in [0.3, 0.4) is 0 Å². The lowest BCUT2D eigenvalue weighted by molar-refractivity contribution is -0.274.